The quantitative estimate of drug-likeness (QED) is 0.540. The Labute approximate surface area is 183 Å². The lowest BCUT2D eigenvalue weighted by Gasteiger charge is -2.31. The number of carbonyl (C=O) groups is 2. The number of allylic oxidation sites excluding steroid dienone is 1. The van der Waals surface area contributed by atoms with Gasteiger partial charge >= 0.3 is 5.97 Å². The van der Waals surface area contributed by atoms with Crippen LogP contribution in [-0.2, 0) is 9.53 Å². The van der Waals surface area contributed by atoms with Crippen LogP contribution in [0.1, 0.15) is 74.7 Å². The van der Waals surface area contributed by atoms with Crippen molar-refractivity contribution in [1.29, 1.82) is 0 Å². The standard InChI is InChI=1S/C24H32FNO5/c1-5-10-24(6-2,7-3)13-30-20-12-19(25)18(11-17(20)16-8-9-16)22(27)26-14-31-15(4)21(26)23(28)29/h5,11-12,15-16,21H,1,6-10,13-14H2,2-4H3,(H,28,29)/t15-,21+/m1/s1. The molecule has 1 amide bonds. The molecule has 2 aliphatic rings. The third-order valence-electron chi connectivity index (χ3n) is 6.73. The second-order valence-corrected chi connectivity index (χ2v) is 8.69. The number of hydrogen-bond donors (Lipinski definition) is 1. The number of carboxylic acid groups (broad SMARTS) is 1. The number of carbonyl (C=O) groups excluding carboxylic acids is 1. The predicted octanol–water partition coefficient (Wildman–Crippen LogP) is 4.74. The van der Waals surface area contributed by atoms with Crippen molar-refractivity contribution in [2.75, 3.05) is 13.3 Å². The fourth-order valence-corrected chi connectivity index (χ4v) is 4.21. The Morgan fingerprint density at radius 2 is 2.03 bits per heavy atom. The molecule has 3 rings (SSSR count). The van der Waals surface area contributed by atoms with Gasteiger partial charge in [0.2, 0.25) is 0 Å². The van der Waals surface area contributed by atoms with Gasteiger partial charge in [-0.25, -0.2) is 9.18 Å². The Morgan fingerprint density at radius 1 is 1.35 bits per heavy atom. The van der Waals surface area contributed by atoms with Gasteiger partial charge < -0.3 is 14.6 Å². The summed E-state index contributed by atoms with van der Waals surface area (Å²) in [5, 5.41) is 9.46. The first-order valence-electron chi connectivity index (χ1n) is 11.0. The minimum atomic E-state index is -1.17. The summed E-state index contributed by atoms with van der Waals surface area (Å²) in [4.78, 5) is 25.7. The maximum atomic E-state index is 15.0. The number of nitrogens with zero attached hydrogens (tertiary/aromatic N) is 1. The van der Waals surface area contributed by atoms with Crippen LogP contribution in [0, 0.1) is 11.2 Å². The van der Waals surface area contributed by atoms with Crippen molar-refractivity contribution in [3.05, 3.63) is 41.7 Å². The highest BCUT2D eigenvalue weighted by Crippen LogP contribution is 2.46. The first-order valence-corrected chi connectivity index (χ1v) is 11.0. The molecule has 1 aliphatic heterocycles. The number of amides is 1. The molecular weight excluding hydrogens is 401 g/mol. The Balaban J connectivity index is 1.88. The fourth-order valence-electron chi connectivity index (χ4n) is 4.21. The summed E-state index contributed by atoms with van der Waals surface area (Å²) in [5.74, 6) is -1.86. The molecule has 2 atom stereocenters. The molecule has 1 aliphatic carbocycles. The van der Waals surface area contributed by atoms with Crippen LogP contribution in [0.15, 0.2) is 24.8 Å². The molecule has 6 nitrogen and oxygen atoms in total. The van der Waals surface area contributed by atoms with Gasteiger partial charge in [-0.05, 0) is 56.6 Å². The van der Waals surface area contributed by atoms with Crippen molar-refractivity contribution in [2.24, 2.45) is 5.41 Å². The zero-order valence-corrected chi connectivity index (χ0v) is 18.5. The number of carboxylic acids is 1. The molecule has 1 aromatic carbocycles. The summed E-state index contributed by atoms with van der Waals surface area (Å²) in [7, 11) is 0. The van der Waals surface area contributed by atoms with Gasteiger partial charge in [-0.3, -0.25) is 9.69 Å². The normalized spacial score (nSPS) is 21.2. The molecule has 0 bridgehead atoms. The van der Waals surface area contributed by atoms with E-state index in [9.17, 15) is 14.7 Å². The van der Waals surface area contributed by atoms with Crippen LogP contribution in [-0.4, -0.2) is 47.4 Å². The molecule has 1 heterocycles. The monoisotopic (exact) mass is 433 g/mol. The summed E-state index contributed by atoms with van der Waals surface area (Å²) >= 11 is 0. The molecular formula is C24H32FNO5. The van der Waals surface area contributed by atoms with Crippen molar-refractivity contribution in [1.82, 2.24) is 4.90 Å². The molecule has 0 unspecified atom stereocenters. The summed E-state index contributed by atoms with van der Waals surface area (Å²) in [5.41, 5.74) is 0.608. The lowest BCUT2D eigenvalue weighted by molar-refractivity contribution is -0.142. The molecule has 1 aromatic rings. The zero-order chi connectivity index (χ0) is 22.8. The van der Waals surface area contributed by atoms with Crippen molar-refractivity contribution in [3.63, 3.8) is 0 Å². The second-order valence-electron chi connectivity index (χ2n) is 8.69. The Bertz CT molecular complexity index is 847. The molecule has 0 aromatic heterocycles. The van der Waals surface area contributed by atoms with E-state index in [2.05, 4.69) is 20.4 Å². The van der Waals surface area contributed by atoms with Gasteiger partial charge in [0.25, 0.3) is 5.91 Å². The number of halogens is 1. The van der Waals surface area contributed by atoms with Crippen molar-refractivity contribution < 1.29 is 28.6 Å². The average Bonchev–Trinajstić information content (AvgIpc) is 3.51. The summed E-state index contributed by atoms with van der Waals surface area (Å²) in [6.45, 7) is 9.92. The van der Waals surface area contributed by atoms with E-state index in [1.54, 1.807) is 13.0 Å². The Morgan fingerprint density at radius 3 is 2.58 bits per heavy atom. The SMILES string of the molecule is C=CCC(CC)(CC)COc1cc(F)c(C(=O)N2CO[C@H](C)[C@H]2C(=O)O)cc1C1CC1. The topological polar surface area (TPSA) is 76.1 Å². The number of aliphatic carboxylic acids is 1. The first-order chi connectivity index (χ1) is 14.8. The van der Waals surface area contributed by atoms with Gasteiger partial charge in [0, 0.05) is 11.5 Å². The molecule has 7 heteroatoms. The van der Waals surface area contributed by atoms with Gasteiger partial charge in [-0.2, -0.15) is 0 Å². The van der Waals surface area contributed by atoms with Gasteiger partial charge in [-0.15, -0.1) is 6.58 Å². The number of benzene rings is 1. The van der Waals surface area contributed by atoms with Crippen LogP contribution in [0.2, 0.25) is 0 Å². The van der Waals surface area contributed by atoms with E-state index in [0.29, 0.717) is 12.4 Å². The minimum absolute atomic E-state index is 0.0642. The van der Waals surface area contributed by atoms with E-state index in [0.717, 1.165) is 42.6 Å². The smallest absolute Gasteiger partial charge is 0.329 e. The van der Waals surface area contributed by atoms with Crippen molar-refractivity contribution >= 4 is 11.9 Å². The van der Waals surface area contributed by atoms with Crippen molar-refractivity contribution in [3.8, 4) is 5.75 Å². The van der Waals surface area contributed by atoms with E-state index in [-0.39, 0.29) is 23.6 Å². The number of ether oxygens (including phenoxy) is 2. The summed E-state index contributed by atoms with van der Waals surface area (Å²) in [6.07, 6.45) is 5.78. The van der Waals surface area contributed by atoms with Crippen LogP contribution in [0.25, 0.3) is 0 Å². The molecule has 2 fully saturated rings. The highest BCUT2D eigenvalue weighted by atomic mass is 19.1. The van der Waals surface area contributed by atoms with Crippen molar-refractivity contribution in [2.45, 2.75) is 70.9 Å². The second kappa shape index (κ2) is 9.39. The van der Waals surface area contributed by atoms with E-state index < -0.39 is 29.8 Å². The third-order valence-corrected chi connectivity index (χ3v) is 6.73. The maximum absolute atomic E-state index is 15.0. The van der Waals surface area contributed by atoms with E-state index in [4.69, 9.17) is 9.47 Å². The Kier molecular flexibility index (Phi) is 7.04. The van der Waals surface area contributed by atoms with Crippen LogP contribution in [0.4, 0.5) is 4.39 Å². The van der Waals surface area contributed by atoms with Crippen LogP contribution in [0.5, 0.6) is 5.75 Å². The van der Waals surface area contributed by atoms with Gasteiger partial charge in [0.05, 0.1) is 18.3 Å². The molecule has 31 heavy (non-hydrogen) atoms. The highest BCUT2D eigenvalue weighted by molar-refractivity contribution is 5.97. The average molecular weight is 434 g/mol. The number of hydrogen-bond acceptors (Lipinski definition) is 4. The van der Waals surface area contributed by atoms with Crippen LogP contribution < -0.4 is 4.74 Å². The molecule has 1 N–H and O–H groups in total. The first kappa shape index (κ1) is 23.3. The summed E-state index contributed by atoms with van der Waals surface area (Å²) < 4.78 is 26.5. The summed E-state index contributed by atoms with van der Waals surface area (Å²) in [6, 6.07) is 1.68. The Hall–Kier alpha value is -2.41. The van der Waals surface area contributed by atoms with Crippen LogP contribution in [0.3, 0.4) is 0 Å². The number of rotatable bonds is 10. The van der Waals surface area contributed by atoms with E-state index >= 15 is 4.39 Å². The largest absolute Gasteiger partial charge is 0.493 e. The molecule has 0 radical (unpaired) electrons. The molecule has 170 valence electrons. The van der Waals surface area contributed by atoms with E-state index in [1.165, 1.54) is 6.07 Å². The van der Waals surface area contributed by atoms with Gasteiger partial charge in [0.1, 0.15) is 18.3 Å². The zero-order valence-electron chi connectivity index (χ0n) is 18.5. The molecule has 0 spiro atoms. The lowest BCUT2D eigenvalue weighted by atomic mass is 9.80. The highest BCUT2D eigenvalue weighted by Gasteiger charge is 2.42. The van der Waals surface area contributed by atoms with Crippen LogP contribution >= 0.6 is 0 Å². The fraction of sp³-hybridized carbons (Fsp3) is 0.583. The molecule has 1 saturated heterocycles. The minimum Gasteiger partial charge on any atom is -0.493 e. The molecule has 1 saturated carbocycles. The predicted molar refractivity (Wildman–Crippen MR) is 115 cm³/mol. The third kappa shape index (κ3) is 4.76. The van der Waals surface area contributed by atoms with Gasteiger partial charge in [0.15, 0.2) is 6.04 Å². The lowest BCUT2D eigenvalue weighted by Crippen LogP contribution is -2.44. The van der Waals surface area contributed by atoms with Gasteiger partial charge in [-0.1, -0.05) is 19.9 Å². The maximum Gasteiger partial charge on any atom is 0.329 e. The van der Waals surface area contributed by atoms with E-state index in [1.807, 2.05) is 6.08 Å².